The average Bonchev–Trinajstić information content (AvgIpc) is 3.76. The van der Waals surface area contributed by atoms with Crippen LogP contribution in [0, 0.1) is 11.8 Å². The SMILES string of the molecule is C=CCCC(=O)N[C@@H](COC)[C@@H](OC(=O)[C@@H]1[C@@H]2CC[C@]3(O2)[C@H](C(=O)N(CC=C)c2ccc(Cl)cc2)N(CCCCO)C(=O)[C@@H]13)c1ccccc1. The Morgan fingerprint density at radius 2 is 1.88 bits per heavy atom. The number of fused-ring (bicyclic) bond motifs is 1. The maximum Gasteiger partial charge on any atom is 0.313 e. The summed E-state index contributed by atoms with van der Waals surface area (Å²) < 4.78 is 18.4. The summed E-state index contributed by atoms with van der Waals surface area (Å²) in [5.41, 5.74) is -0.0404. The van der Waals surface area contributed by atoms with Crippen molar-refractivity contribution in [1.29, 1.82) is 0 Å². The van der Waals surface area contributed by atoms with Crippen molar-refractivity contribution in [3.05, 3.63) is 90.5 Å². The summed E-state index contributed by atoms with van der Waals surface area (Å²) in [5, 5.41) is 13.0. The number of rotatable bonds is 18. The van der Waals surface area contributed by atoms with E-state index >= 15 is 0 Å². The highest BCUT2D eigenvalue weighted by molar-refractivity contribution is 6.30. The Labute approximate surface area is 298 Å². The van der Waals surface area contributed by atoms with Gasteiger partial charge in [0.05, 0.1) is 30.6 Å². The predicted octanol–water partition coefficient (Wildman–Crippen LogP) is 4.39. The predicted molar refractivity (Wildman–Crippen MR) is 188 cm³/mol. The first-order valence-corrected chi connectivity index (χ1v) is 17.5. The fourth-order valence-electron chi connectivity index (χ4n) is 7.68. The summed E-state index contributed by atoms with van der Waals surface area (Å²) in [4.78, 5) is 59.5. The van der Waals surface area contributed by atoms with Crippen LogP contribution < -0.4 is 10.2 Å². The second-order valence-electron chi connectivity index (χ2n) is 13.0. The molecule has 3 aliphatic heterocycles. The van der Waals surface area contributed by atoms with Gasteiger partial charge in [-0.1, -0.05) is 54.1 Å². The van der Waals surface area contributed by atoms with Gasteiger partial charge < -0.3 is 34.4 Å². The number of esters is 1. The number of benzene rings is 2. The number of carbonyl (C=O) groups excluding carboxylic acids is 4. The number of halogens is 1. The molecule has 3 saturated heterocycles. The molecule has 3 amide bonds. The molecule has 11 nitrogen and oxygen atoms in total. The topological polar surface area (TPSA) is 135 Å². The molecule has 0 aromatic heterocycles. The number of likely N-dealkylation sites (tertiary alicyclic amines) is 1. The van der Waals surface area contributed by atoms with Crippen molar-refractivity contribution in [2.45, 2.75) is 68.4 Å². The molecule has 0 unspecified atom stereocenters. The maximum atomic E-state index is 14.7. The number of methoxy groups -OCH3 is 1. The number of amides is 3. The summed E-state index contributed by atoms with van der Waals surface area (Å²) >= 11 is 6.15. The number of carbonyl (C=O) groups is 4. The molecule has 12 heteroatoms. The van der Waals surface area contributed by atoms with Crippen LogP contribution in [0.1, 0.15) is 50.2 Å². The van der Waals surface area contributed by atoms with Crippen LogP contribution in [0.5, 0.6) is 0 Å². The number of allylic oxidation sites excluding steroid dienone is 1. The lowest BCUT2D eigenvalue weighted by molar-refractivity contribution is -0.163. The van der Waals surface area contributed by atoms with Crippen molar-refractivity contribution in [1.82, 2.24) is 10.2 Å². The Morgan fingerprint density at radius 3 is 2.54 bits per heavy atom. The van der Waals surface area contributed by atoms with Gasteiger partial charge in [0.1, 0.15) is 17.7 Å². The molecule has 2 bridgehead atoms. The van der Waals surface area contributed by atoms with Gasteiger partial charge in [0.2, 0.25) is 11.8 Å². The largest absolute Gasteiger partial charge is 0.455 e. The zero-order chi connectivity index (χ0) is 35.8. The molecule has 50 heavy (non-hydrogen) atoms. The van der Waals surface area contributed by atoms with Crippen LogP contribution >= 0.6 is 11.6 Å². The number of anilines is 1. The maximum absolute atomic E-state index is 14.7. The van der Waals surface area contributed by atoms with Gasteiger partial charge >= 0.3 is 5.97 Å². The number of hydrogen-bond donors (Lipinski definition) is 2. The van der Waals surface area contributed by atoms with Crippen molar-refractivity contribution in [3.8, 4) is 0 Å². The molecule has 0 radical (unpaired) electrons. The lowest BCUT2D eigenvalue weighted by Gasteiger charge is -2.37. The lowest BCUT2D eigenvalue weighted by Crippen LogP contribution is -2.56. The van der Waals surface area contributed by atoms with E-state index in [0.717, 1.165) is 0 Å². The molecule has 0 aliphatic carbocycles. The Morgan fingerprint density at radius 1 is 1.14 bits per heavy atom. The van der Waals surface area contributed by atoms with Crippen LogP contribution in [0.3, 0.4) is 0 Å². The number of hydrogen-bond acceptors (Lipinski definition) is 8. The van der Waals surface area contributed by atoms with E-state index in [1.807, 2.05) is 18.2 Å². The summed E-state index contributed by atoms with van der Waals surface area (Å²) in [6.45, 7) is 7.89. The molecule has 7 atom stereocenters. The molecule has 2 aromatic rings. The molecule has 2 N–H and O–H groups in total. The molecular formula is C38H46ClN3O8. The smallest absolute Gasteiger partial charge is 0.313 e. The van der Waals surface area contributed by atoms with Crippen molar-refractivity contribution in [3.63, 3.8) is 0 Å². The van der Waals surface area contributed by atoms with Gasteiger partial charge in [-0.15, -0.1) is 13.2 Å². The molecule has 1 spiro atoms. The highest BCUT2D eigenvalue weighted by atomic mass is 35.5. The van der Waals surface area contributed by atoms with Crippen LogP contribution in [-0.2, 0) is 33.4 Å². The van der Waals surface area contributed by atoms with E-state index in [0.29, 0.717) is 48.4 Å². The fourth-order valence-corrected chi connectivity index (χ4v) is 7.81. The zero-order valence-corrected chi connectivity index (χ0v) is 29.1. The van der Waals surface area contributed by atoms with E-state index < -0.39 is 47.7 Å². The summed E-state index contributed by atoms with van der Waals surface area (Å²) in [6.07, 6.45) is 4.11. The first-order chi connectivity index (χ1) is 24.2. The van der Waals surface area contributed by atoms with E-state index in [1.165, 1.54) is 12.0 Å². The summed E-state index contributed by atoms with van der Waals surface area (Å²) in [7, 11) is 1.50. The third-order valence-electron chi connectivity index (χ3n) is 9.83. The average molecular weight is 708 g/mol. The monoisotopic (exact) mass is 707 g/mol. The molecule has 3 heterocycles. The number of aliphatic hydroxyl groups is 1. The van der Waals surface area contributed by atoms with Crippen molar-refractivity contribution in [2.75, 3.05) is 38.3 Å². The zero-order valence-electron chi connectivity index (χ0n) is 28.4. The second-order valence-corrected chi connectivity index (χ2v) is 13.4. The van der Waals surface area contributed by atoms with Crippen molar-refractivity contribution in [2.24, 2.45) is 11.8 Å². The quantitative estimate of drug-likeness (QED) is 0.132. The summed E-state index contributed by atoms with van der Waals surface area (Å²) in [5.74, 6) is -3.55. The standard InChI is InChI=1S/C38H46ClN3O8/c1-4-6-14-30(44)40-28(24-48-3)33(25-12-8-7-9-13-25)49-37(47)31-29-19-20-38(50-29)32(31)35(45)42(22-10-11-23-43)34(38)36(46)41(21-5-2)27-17-15-26(39)16-18-27/h4-5,7-9,12-13,15-18,28-29,31-34,43H,1-2,6,10-11,14,19-24H2,3H3,(H,40,44)/t28-,29-,31+,32+,33-,34-,38+/m0/s1. The normalized spacial score (nSPS) is 24.7. The van der Waals surface area contributed by atoms with E-state index in [-0.39, 0.29) is 50.4 Å². The van der Waals surface area contributed by atoms with E-state index in [9.17, 15) is 24.3 Å². The third kappa shape index (κ3) is 7.51. The van der Waals surface area contributed by atoms with Crippen LogP contribution in [0.2, 0.25) is 5.02 Å². The van der Waals surface area contributed by atoms with Gasteiger partial charge in [0.15, 0.2) is 0 Å². The Kier molecular flexibility index (Phi) is 12.5. The van der Waals surface area contributed by atoms with Crippen LogP contribution in [0.4, 0.5) is 5.69 Å². The Balaban J connectivity index is 1.48. The summed E-state index contributed by atoms with van der Waals surface area (Å²) in [6, 6.07) is 14.2. The fraction of sp³-hybridized carbons (Fsp3) is 0.474. The number of ether oxygens (including phenoxy) is 3. The number of nitrogens with one attached hydrogen (secondary N) is 1. The molecule has 0 saturated carbocycles. The van der Waals surface area contributed by atoms with Crippen LogP contribution in [0.15, 0.2) is 79.9 Å². The van der Waals surface area contributed by atoms with Crippen LogP contribution in [-0.4, -0.2) is 90.9 Å². The molecule has 268 valence electrons. The van der Waals surface area contributed by atoms with Gasteiger partial charge in [-0.3, -0.25) is 19.2 Å². The van der Waals surface area contributed by atoms with Crippen molar-refractivity contribution < 1.29 is 38.5 Å². The first-order valence-electron chi connectivity index (χ1n) is 17.1. The minimum absolute atomic E-state index is 0.0581. The van der Waals surface area contributed by atoms with Gasteiger partial charge in [-0.25, -0.2) is 0 Å². The van der Waals surface area contributed by atoms with Crippen molar-refractivity contribution >= 4 is 41.0 Å². The third-order valence-corrected chi connectivity index (χ3v) is 10.1. The minimum Gasteiger partial charge on any atom is -0.455 e. The Hall–Kier alpha value is -4.03. The molecule has 3 aliphatic rings. The van der Waals surface area contributed by atoms with E-state index in [2.05, 4.69) is 18.5 Å². The van der Waals surface area contributed by atoms with Gasteiger partial charge in [0.25, 0.3) is 5.91 Å². The number of nitrogens with zero attached hydrogens (tertiary/aromatic N) is 2. The van der Waals surface area contributed by atoms with Crippen LogP contribution in [0.25, 0.3) is 0 Å². The van der Waals surface area contributed by atoms with Gasteiger partial charge in [-0.2, -0.15) is 0 Å². The highest BCUT2D eigenvalue weighted by Crippen LogP contribution is 2.59. The minimum atomic E-state index is -1.26. The second kappa shape index (κ2) is 16.8. The molecule has 5 rings (SSSR count). The lowest BCUT2D eigenvalue weighted by atomic mass is 9.70. The number of aliphatic hydroxyl groups excluding tert-OH is 1. The van der Waals surface area contributed by atoms with Gasteiger partial charge in [-0.05, 0) is 61.9 Å². The highest BCUT2D eigenvalue weighted by Gasteiger charge is 2.75. The molecule has 3 fully saturated rings. The van der Waals surface area contributed by atoms with Gasteiger partial charge in [0, 0.05) is 43.9 Å². The van der Waals surface area contributed by atoms with E-state index in [1.54, 1.807) is 53.5 Å². The molecular weight excluding hydrogens is 662 g/mol. The number of unbranched alkanes of at least 4 members (excludes halogenated alkanes) is 1. The van der Waals surface area contributed by atoms with E-state index in [4.69, 9.17) is 25.8 Å². The Bertz CT molecular complexity index is 1540. The first kappa shape index (κ1) is 37.2. The molecule has 2 aromatic carbocycles.